The topological polar surface area (TPSA) is 47.6 Å². The van der Waals surface area contributed by atoms with E-state index in [1.807, 2.05) is 46.8 Å². The van der Waals surface area contributed by atoms with E-state index >= 15 is 0 Å². The van der Waals surface area contributed by atoms with Gasteiger partial charge in [-0.05, 0) is 70.7 Å². The van der Waals surface area contributed by atoms with Crippen molar-refractivity contribution in [3.63, 3.8) is 0 Å². The maximum absolute atomic E-state index is 12.9. The highest BCUT2D eigenvalue weighted by Crippen LogP contribution is 2.34. The number of benzene rings is 1. The van der Waals surface area contributed by atoms with Crippen LogP contribution in [0.5, 0.6) is 5.75 Å². The Bertz CT molecular complexity index is 546. The van der Waals surface area contributed by atoms with Crippen LogP contribution in [0.4, 0.5) is 5.69 Å². The fourth-order valence-corrected chi connectivity index (χ4v) is 3.53. The van der Waals surface area contributed by atoms with Gasteiger partial charge in [-0.25, -0.2) is 0 Å². The number of carbonyl (C=O) groups excluding carboxylic acids is 1. The maximum atomic E-state index is 12.9. The first-order chi connectivity index (χ1) is 11.4. The first-order valence-corrected chi connectivity index (χ1v) is 9.11. The molecule has 0 unspecified atom stereocenters. The van der Waals surface area contributed by atoms with Crippen molar-refractivity contribution in [1.82, 2.24) is 0 Å². The predicted molar refractivity (Wildman–Crippen MR) is 97.8 cm³/mol. The Kier molecular flexibility index (Phi) is 6.27. The second kappa shape index (κ2) is 8.02. The molecule has 0 saturated heterocycles. The molecular formula is C20H31NO3. The average molecular weight is 333 g/mol. The van der Waals surface area contributed by atoms with Crippen LogP contribution in [0.1, 0.15) is 64.0 Å². The summed E-state index contributed by atoms with van der Waals surface area (Å²) >= 11 is 0. The molecule has 1 aliphatic carbocycles. The van der Waals surface area contributed by atoms with Gasteiger partial charge in [0.05, 0.1) is 6.10 Å². The zero-order valence-electron chi connectivity index (χ0n) is 15.7. The number of aryl methyl sites for hydroxylation is 2. The molecule has 0 bridgehead atoms. The van der Waals surface area contributed by atoms with Gasteiger partial charge < -0.3 is 14.8 Å². The maximum Gasteiger partial charge on any atom is 0.256 e. The molecule has 0 atom stereocenters. The molecule has 1 aromatic carbocycles. The second-order valence-corrected chi connectivity index (χ2v) is 7.05. The Morgan fingerprint density at radius 3 is 2.25 bits per heavy atom. The summed E-state index contributed by atoms with van der Waals surface area (Å²) in [7, 11) is 0. The number of ether oxygens (including phenoxy) is 2. The molecular weight excluding hydrogens is 302 g/mol. The molecule has 24 heavy (non-hydrogen) atoms. The molecule has 0 aliphatic heterocycles. The minimum Gasteiger partial charge on any atom is -0.490 e. The number of amides is 1. The third-order valence-corrected chi connectivity index (χ3v) is 4.57. The molecule has 0 heterocycles. The number of nitrogens with one attached hydrogen (secondary N) is 1. The summed E-state index contributed by atoms with van der Waals surface area (Å²) in [6.45, 7) is 10.6. The smallest absolute Gasteiger partial charge is 0.256 e. The molecule has 2 rings (SSSR count). The summed E-state index contributed by atoms with van der Waals surface area (Å²) in [5, 5.41) is 3.08. The molecule has 0 aromatic heterocycles. The average Bonchev–Trinajstić information content (AvgIpc) is 2.52. The molecule has 1 aliphatic rings. The van der Waals surface area contributed by atoms with Crippen molar-refractivity contribution in [2.24, 2.45) is 0 Å². The molecule has 0 spiro atoms. The molecule has 4 nitrogen and oxygen atoms in total. The number of anilines is 1. The van der Waals surface area contributed by atoms with Crippen molar-refractivity contribution < 1.29 is 14.3 Å². The van der Waals surface area contributed by atoms with E-state index in [1.54, 1.807) is 0 Å². The van der Waals surface area contributed by atoms with E-state index in [1.165, 1.54) is 6.42 Å². The van der Waals surface area contributed by atoms with Gasteiger partial charge in [0, 0.05) is 12.3 Å². The summed E-state index contributed by atoms with van der Waals surface area (Å²) in [6, 6.07) is 3.95. The Balaban J connectivity index is 2.18. The van der Waals surface area contributed by atoms with E-state index in [4.69, 9.17) is 9.47 Å². The Labute approximate surface area is 145 Å². The van der Waals surface area contributed by atoms with Gasteiger partial charge in [0.1, 0.15) is 11.4 Å². The van der Waals surface area contributed by atoms with Gasteiger partial charge in [0.25, 0.3) is 5.91 Å². The SMILES string of the molecule is CCOC1(C(=O)Nc2cc(C)c(OC(C)C)c(C)c2)CCCCC1. The van der Waals surface area contributed by atoms with Gasteiger partial charge >= 0.3 is 0 Å². The Morgan fingerprint density at radius 2 is 1.75 bits per heavy atom. The highest BCUT2D eigenvalue weighted by molar-refractivity contribution is 5.97. The largest absolute Gasteiger partial charge is 0.490 e. The highest BCUT2D eigenvalue weighted by atomic mass is 16.5. The van der Waals surface area contributed by atoms with Gasteiger partial charge in [-0.3, -0.25) is 4.79 Å². The number of rotatable bonds is 6. The van der Waals surface area contributed by atoms with Gasteiger partial charge in [-0.15, -0.1) is 0 Å². The quantitative estimate of drug-likeness (QED) is 0.816. The minimum atomic E-state index is -0.665. The summed E-state index contributed by atoms with van der Waals surface area (Å²) in [4.78, 5) is 12.9. The van der Waals surface area contributed by atoms with Crippen LogP contribution in [0, 0.1) is 13.8 Å². The lowest BCUT2D eigenvalue weighted by Gasteiger charge is -2.35. The standard InChI is InChI=1S/C20H31NO3/c1-6-23-20(10-8-7-9-11-20)19(22)21-17-12-15(4)18(16(5)13-17)24-14(2)3/h12-14H,6-11H2,1-5H3,(H,21,22). The molecule has 1 aromatic rings. The summed E-state index contributed by atoms with van der Waals surface area (Å²) in [5.74, 6) is 0.889. The molecule has 0 radical (unpaired) electrons. The fraction of sp³-hybridized carbons (Fsp3) is 0.650. The van der Waals surface area contributed by atoms with Crippen molar-refractivity contribution >= 4 is 11.6 Å². The third kappa shape index (κ3) is 4.29. The van der Waals surface area contributed by atoms with Crippen LogP contribution in [0.15, 0.2) is 12.1 Å². The van der Waals surface area contributed by atoms with Crippen molar-refractivity contribution in [2.45, 2.75) is 78.4 Å². The monoisotopic (exact) mass is 333 g/mol. The van der Waals surface area contributed by atoms with Crippen LogP contribution < -0.4 is 10.1 Å². The van der Waals surface area contributed by atoms with Gasteiger partial charge in [0.2, 0.25) is 0 Å². The lowest BCUT2D eigenvalue weighted by atomic mass is 9.83. The minimum absolute atomic E-state index is 0.0135. The predicted octanol–water partition coefficient (Wildman–Crippen LogP) is 4.77. The summed E-state index contributed by atoms with van der Waals surface area (Å²) in [6.07, 6.45) is 5.02. The van der Waals surface area contributed by atoms with Crippen LogP contribution in [0.3, 0.4) is 0 Å². The summed E-state index contributed by atoms with van der Waals surface area (Å²) < 4.78 is 11.8. The van der Waals surface area contributed by atoms with Gasteiger partial charge in [-0.1, -0.05) is 19.3 Å². The second-order valence-electron chi connectivity index (χ2n) is 7.05. The van der Waals surface area contributed by atoms with Gasteiger partial charge in [-0.2, -0.15) is 0 Å². The molecule has 4 heteroatoms. The number of hydrogen-bond acceptors (Lipinski definition) is 3. The van der Waals surface area contributed by atoms with E-state index < -0.39 is 5.60 Å². The number of carbonyl (C=O) groups is 1. The van der Waals surface area contributed by atoms with Gasteiger partial charge in [0.15, 0.2) is 0 Å². The fourth-order valence-electron chi connectivity index (χ4n) is 3.53. The van der Waals surface area contributed by atoms with Crippen LogP contribution >= 0.6 is 0 Å². The van der Waals surface area contributed by atoms with E-state index in [0.29, 0.717) is 6.61 Å². The van der Waals surface area contributed by atoms with Crippen LogP contribution in [0.2, 0.25) is 0 Å². The summed E-state index contributed by atoms with van der Waals surface area (Å²) in [5.41, 5.74) is 2.22. The molecule has 1 amide bonds. The van der Waals surface area contributed by atoms with Crippen molar-refractivity contribution in [3.8, 4) is 5.75 Å². The van der Waals surface area contributed by atoms with Crippen molar-refractivity contribution in [3.05, 3.63) is 23.3 Å². The third-order valence-electron chi connectivity index (χ3n) is 4.57. The molecule has 1 N–H and O–H groups in total. The lowest BCUT2D eigenvalue weighted by Crippen LogP contribution is -2.47. The van der Waals surface area contributed by atoms with Crippen molar-refractivity contribution in [2.75, 3.05) is 11.9 Å². The zero-order valence-corrected chi connectivity index (χ0v) is 15.7. The Morgan fingerprint density at radius 1 is 1.17 bits per heavy atom. The molecule has 1 saturated carbocycles. The first-order valence-electron chi connectivity index (χ1n) is 9.11. The first kappa shape index (κ1) is 18.8. The van der Waals surface area contributed by atoms with E-state index in [9.17, 15) is 4.79 Å². The van der Waals surface area contributed by atoms with Crippen LogP contribution in [-0.4, -0.2) is 24.2 Å². The number of hydrogen-bond donors (Lipinski definition) is 1. The van der Waals surface area contributed by atoms with Crippen molar-refractivity contribution in [1.29, 1.82) is 0 Å². The Hall–Kier alpha value is -1.55. The zero-order chi connectivity index (χ0) is 17.7. The lowest BCUT2D eigenvalue weighted by molar-refractivity contribution is -0.145. The van der Waals surface area contributed by atoms with E-state index in [2.05, 4.69) is 5.32 Å². The molecule has 134 valence electrons. The molecule has 1 fully saturated rings. The van der Waals surface area contributed by atoms with E-state index in [0.717, 1.165) is 48.2 Å². The van der Waals surface area contributed by atoms with Crippen LogP contribution in [-0.2, 0) is 9.53 Å². The normalized spacial score (nSPS) is 16.9. The van der Waals surface area contributed by atoms with Crippen LogP contribution in [0.25, 0.3) is 0 Å². The highest BCUT2D eigenvalue weighted by Gasteiger charge is 2.40. The van der Waals surface area contributed by atoms with E-state index in [-0.39, 0.29) is 12.0 Å².